The van der Waals surface area contributed by atoms with Gasteiger partial charge in [-0.2, -0.15) is 0 Å². The molecule has 1 aromatic rings. The number of hydrogen-bond donors (Lipinski definition) is 2. The second kappa shape index (κ2) is 5.77. The summed E-state index contributed by atoms with van der Waals surface area (Å²) in [6.07, 6.45) is 1.23. The largest absolute Gasteiger partial charge is 0.391 e. The number of aromatic nitrogens is 2. The second-order valence-corrected chi connectivity index (χ2v) is 4.42. The van der Waals surface area contributed by atoms with E-state index in [2.05, 4.69) is 22.4 Å². The zero-order valence-corrected chi connectivity index (χ0v) is 10.5. The lowest BCUT2D eigenvalue weighted by Gasteiger charge is -2.14. The van der Waals surface area contributed by atoms with E-state index in [0.29, 0.717) is 31.0 Å². The van der Waals surface area contributed by atoms with Gasteiger partial charge in [0.15, 0.2) is 5.69 Å². The number of aliphatic hydroxyl groups is 1. The molecule has 6 nitrogen and oxygen atoms in total. The van der Waals surface area contributed by atoms with Crippen molar-refractivity contribution in [3.8, 4) is 0 Å². The van der Waals surface area contributed by atoms with Gasteiger partial charge in [0.25, 0.3) is 5.91 Å². The first-order valence-corrected chi connectivity index (χ1v) is 6.25. The summed E-state index contributed by atoms with van der Waals surface area (Å²) in [5.41, 5.74) is 0.325. The highest BCUT2D eigenvalue weighted by atomic mass is 16.3. The summed E-state index contributed by atoms with van der Waals surface area (Å²) in [5, 5.41) is 20.4. The number of anilines is 1. The molecule has 1 amide bonds. The van der Waals surface area contributed by atoms with Crippen LogP contribution >= 0.6 is 0 Å². The van der Waals surface area contributed by atoms with Gasteiger partial charge in [-0.1, -0.05) is 6.92 Å². The summed E-state index contributed by atoms with van der Waals surface area (Å²) >= 11 is 0. The standard InChI is InChI=1S/C12H18N4O2/c1-2-6-13-11-4-3-10(14-15-11)12(18)16-7-5-9(17)8-16/h3-4,9,17H,2,5-8H2,1H3,(H,13,15). The summed E-state index contributed by atoms with van der Waals surface area (Å²) in [6, 6.07) is 3.42. The molecule has 1 aromatic heterocycles. The molecular weight excluding hydrogens is 232 g/mol. The lowest BCUT2D eigenvalue weighted by Crippen LogP contribution is -2.30. The quantitative estimate of drug-likeness (QED) is 0.814. The molecule has 0 radical (unpaired) electrons. The molecule has 1 atom stereocenters. The van der Waals surface area contributed by atoms with Crippen LogP contribution in [0.3, 0.4) is 0 Å². The normalized spacial score (nSPS) is 19.0. The van der Waals surface area contributed by atoms with Gasteiger partial charge in [0.1, 0.15) is 5.82 Å². The van der Waals surface area contributed by atoms with Gasteiger partial charge in [0, 0.05) is 19.6 Å². The average Bonchev–Trinajstić information content (AvgIpc) is 2.83. The minimum atomic E-state index is -0.410. The first kappa shape index (κ1) is 12.8. The minimum Gasteiger partial charge on any atom is -0.391 e. The molecule has 6 heteroatoms. The molecule has 1 aliphatic rings. The van der Waals surface area contributed by atoms with Crippen LogP contribution in [0.5, 0.6) is 0 Å². The molecule has 18 heavy (non-hydrogen) atoms. The molecule has 2 heterocycles. The van der Waals surface area contributed by atoms with E-state index in [-0.39, 0.29) is 5.91 Å². The van der Waals surface area contributed by atoms with Crippen molar-refractivity contribution in [1.82, 2.24) is 15.1 Å². The highest BCUT2D eigenvalue weighted by molar-refractivity contribution is 5.92. The minimum absolute atomic E-state index is 0.166. The maximum absolute atomic E-state index is 12.0. The van der Waals surface area contributed by atoms with E-state index >= 15 is 0 Å². The molecule has 0 aromatic carbocycles. The van der Waals surface area contributed by atoms with Gasteiger partial charge < -0.3 is 15.3 Å². The van der Waals surface area contributed by atoms with E-state index in [1.54, 1.807) is 17.0 Å². The van der Waals surface area contributed by atoms with E-state index in [1.807, 2.05) is 0 Å². The van der Waals surface area contributed by atoms with Crippen molar-refractivity contribution in [3.05, 3.63) is 17.8 Å². The number of carbonyl (C=O) groups excluding carboxylic acids is 1. The smallest absolute Gasteiger partial charge is 0.274 e. The lowest BCUT2D eigenvalue weighted by atomic mass is 10.3. The molecule has 98 valence electrons. The van der Waals surface area contributed by atoms with Crippen LogP contribution in [0.2, 0.25) is 0 Å². The molecule has 2 N–H and O–H groups in total. The Morgan fingerprint density at radius 3 is 2.94 bits per heavy atom. The van der Waals surface area contributed by atoms with Crippen molar-refractivity contribution in [2.45, 2.75) is 25.9 Å². The number of nitrogens with one attached hydrogen (secondary N) is 1. The summed E-state index contributed by atoms with van der Waals surface area (Å²) in [7, 11) is 0. The highest BCUT2D eigenvalue weighted by Crippen LogP contribution is 2.12. The van der Waals surface area contributed by atoms with Gasteiger partial charge in [-0.25, -0.2) is 0 Å². The first-order chi connectivity index (χ1) is 8.70. The third-order valence-corrected chi connectivity index (χ3v) is 2.89. The summed E-state index contributed by atoms with van der Waals surface area (Å²) < 4.78 is 0. The number of hydrogen-bond acceptors (Lipinski definition) is 5. The van der Waals surface area contributed by atoms with Crippen LogP contribution in [-0.4, -0.2) is 51.8 Å². The second-order valence-electron chi connectivity index (χ2n) is 4.42. The van der Waals surface area contributed by atoms with Gasteiger partial charge in [0.05, 0.1) is 6.10 Å². The van der Waals surface area contributed by atoms with Crippen molar-refractivity contribution in [1.29, 1.82) is 0 Å². The van der Waals surface area contributed by atoms with Gasteiger partial charge in [-0.3, -0.25) is 4.79 Å². The molecule has 2 rings (SSSR count). The summed E-state index contributed by atoms with van der Waals surface area (Å²) in [6.45, 7) is 3.87. The maximum Gasteiger partial charge on any atom is 0.274 e. The third-order valence-electron chi connectivity index (χ3n) is 2.89. The number of likely N-dealkylation sites (tertiary alicyclic amines) is 1. The molecule has 0 aliphatic carbocycles. The summed E-state index contributed by atoms with van der Waals surface area (Å²) in [4.78, 5) is 13.6. The Labute approximate surface area is 106 Å². The third kappa shape index (κ3) is 2.95. The fourth-order valence-corrected chi connectivity index (χ4v) is 1.88. The van der Waals surface area contributed by atoms with Crippen LogP contribution in [0.25, 0.3) is 0 Å². The van der Waals surface area contributed by atoms with Crippen LogP contribution in [0, 0.1) is 0 Å². The van der Waals surface area contributed by atoms with E-state index in [1.165, 1.54) is 0 Å². The Morgan fingerprint density at radius 2 is 2.39 bits per heavy atom. The van der Waals surface area contributed by atoms with Gasteiger partial charge in [-0.15, -0.1) is 10.2 Å². The molecular formula is C12H18N4O2. The molecule has 0 bridgehead atoms. The van der Waals surface area contributed by atoms with Crippen molar-refractivity contribution in [2.24, 2.45) is 0 Å². The number of aliphatic hydroxyl groups excluding tert-OH is 1. The van der Waals surface area contributed by atoms with E-state index in [0.717, 1.165) is 13.0 Å². The number of amides is 1. The Morgan fingerprint density at radius 1 is 1.56 bits per heavy atom. The maximum atomic E-state index is 12.0. The van der Waals surface area contributed by atoms with Crippen LogP contribution < -0.4 is 5.32 Å². The van der Waals surface area contributed by atoms with Crippen LogP contribution in [0.4, 0.5) is 5.82 Å². The summed E-state index contributed by atoms with van der Waals surface area (Å²) in [5.74, 6) is 0.510. The zero-order valence-electron chi connectivity index (χ0n) is 10.5. The molecule has 0 saturated carbocycles. The highest BCUT2D eigenvalue weighted by Gasteiger charge is 2.26. The predicted octanol–water partition coefficient (Wildman–Crippen LogP) is 0.505. The number of nitrogens with zero attached hydrogens (tertiary/aromatic N) is 3. The van der Waals surface area contributed by atoms with E-state index in [9.17, 15) is 9.90 Å². The molecule has 1 saturated heterocycles. The van der Waals surface area contributed by atoms with Crippen molar-refractivity contribution in [3.63, 3.8) is 0 Å². The number of carbonyl (C=O) groups is 1. The first-order valence-electron chi connectivity index (χ1n) is 6.25. The Balaban J connectivity index is 1.98. The SMILES string of the molecule is CCCNc1ccc(C(=O)N2CCC(O)C2)nn1. The van der Waals surface area contributed by atoms with Crippen molar-refractivity contribution >= 4 is 11.7 Å². The number of β-amino-alcohol motifs (C(OH)–C–C–N with tert-alkyl or cyclic N) is 1. The fourth-order valence-electron chi connectivity index (χ4n) is 1.88. The van der Waals surface area contributed by atoms with Gasteiger partial charge in [0.2, 0.25) is 0 Å². The lowest BCUT2D eigenvalue weighted by molar-refractivity contribution is 0.0758. The topological polar surface area (TPSA) is 78.4 Å². The molecule has 1 aliphatic heterocycles. The van der Waals surface area contributed by atoms with Crippen LogP contribution in [0.15, 0.2) is 12.1 Å². The monoisotopic (exact) mass is 250 g/mol. The molecule has 1 fully saturated rings. The van der Waals surface area contributed by atoms with Crippen LogP contribution in [-0.2, 0) is 0 Å². The number of rotatable bonds is 4. The van der Waals surface area contributed by atoms with E-state index in [4.69, 9.17) is 0 Å². The van der Waals surface area contributed by atoms with Crippen molar-refractivity contribution in [2.75, 3.05) is 25.0 Å². The average molecular weight is 250 g/mol. The molecule has 1 unspecified atom stereocenters. The predicted molar refractivity (Wildman–Crippen MR) is 67.3 cm³/mol. The molecule has 0 spiro atoms. The van der Waals surface area contributed by atoms with Crippen LogP contribution in [0.1, 0.15) is 30.3 Å². The Hall–Kier alpha value is -1.69. The van der Waals surface area contributed by atoms with Gasteiger partial charge >= 0.3 is 0 Å². The Kier molecular flexibility index (Phi) is 4.09. The van der Waals surface area contributed by atoms with E-state index < -0.39 is 6.10 Å². The zero-order chi connectivity index (χ0) is 13.0. The fraction of sp³-hybridized carbons (Fsp3) is 0.583. The van der Waals surface area contributed by atoms with Crippen molar-refractivity contribution < 1.29 is 9.90 Å². The Bertz CT molecular complexity index is 407. The van der Waals surface area contributed by atoms with Gasteiger partial charge in [-0.05, 0) is 25.0 Å².